The van der Waals surface area contributed by atoms with Crippen molar-refractivity contribution in [2.75, 3.05) is 5.32 Å². The summed E-state index contributed by atoms with van der Waals surface area (Å²) in [5.74, 6) is -0.0983. The Hall–Kier alpha value is -2.09. The molecule has 80 valence electrons. The molecule has 0 saturated heterocycles. The maximum Gasteiger partial charge on any atom is 0.248 e. The summed E-state index contributed by atoms with van der Waals surface area (Å²) in [6.07, 6.45) is 3.24. The first kappa shape index (κ1) is 10.4. The predicted molar refractivity (Wildman–Crippen MR) is 67.4 cm³/mol. The van der Waals surface area contributed by atoms with Crippen molar-refractivity contribution < 1.29 is 4.79 Å². The number of amides is 1. The number of anilines is 1. The molecule has 2 heteroatoms. The number of hydrogen-bond acceptors (Lipinski definition) is 1. The Morgan fingerprint density at radius 2 is 1.88 bits per heavy atom. The van der Waals surface area contributed by atoms with Crippen LogP contribution in [0.5, 0.6) is 0 Å². The van der Waals surface area contributed by atoms with Gasteiger partial charge < -0.3 is 5.32 Å². The fraction of sp³-hybridized carbons (Fsp3) is 0.0714. The van der Waals surface area contributed by atoms with Gasteiger partial charge in [-0.25, -0.2) is 0 Å². The van der Waals surface area contributed by atoms with Gasteiger partial charge in [0, 0.05) is 11.1 Å². The largest absolute Gasteiger partial charge is 0.322 e. The molecule has 0 aromatic heterocycles. The standard InChI is InChI=1S/C14H13NO/c1-2-6-14(16)15-13-10-5-8-11-7-3-4-9-12(11)13/h2-10H,1H3,(H,15,16)/b6-2+. The van der Waals surface area contributed by atoms with Gasteiger partial charge in [-0.15, -0.1) is 0 Å². The SMILES string of the molecule is C/C=C/C(=O)Nc1cccc2ccccc12. The van der Waals surface area contributed by atoms with Gasteiger partial charge in [-0.1, -0.05) is 42.5 Å². The molecule has 0 unspecified atom stereocenters. The molecule has 0 bridgehead atoms. The third-order valence-corrected chi connectivity index (χ3v) is 2.37. The van der Waals surface area contributed by atoms with Crippen LogP contribution in [0.4, 0.5) is 5.69 Å². The maximum absolute atomic E-state index is 11.5. The second kappa shape index (κ2) is 4.62. The minimum atomic E-state index is -0.0983. The summed E-state index contributed by atoms with van der Waals surface area (Å²) in [5, 5.41) is 5.04. The first-order chi connectivity index (χ1) is 7.81. The summed E-state index contributed by atoms with van der Waals surface area (Å²) in [4.78, 5) is 11.5. The summed E-state index contributed by atoms with van der Waals surface area (Å²) >= 11 is 0. The molecule has 1 amide bonds. The molecule has 0 aliphatic rings. The number of carbonyl (C=O) groups excluding carboxylic acids is 1. The van der Waals surface area contributed by atoms with Gasteiger partial charge in [-0.05, 0) is 24.5 Å². The second-order valence-electron chi connectivity index (χ2n) is 3.52. The Bertz CT molecular complexity index is 538. The lowest BCUT2D eigenvalue weighted by Crippen LogP contribution is -2.07. The smallest absolute Gasteiger partial charge is 0.248 e. The van der Waals surface area contributed by atoms with Gasteiger partial charge in [0.05, 0.1) is 0 Å². The Morgan fingerprint density at radius 3 is 2.69 bits per heavy atom. The van der Waals surface area contributed by atoms with Gasteiger partial charge in [-0.3, -0.25) is 4.79 Å². The van der Waals surface area contributed by atoms with E-state index in [1.54, 1.807) is 6.08 Å². The number of hydrogen-bond donors (Lipinski definition) is 1. The Morgan fingerprint density at radius 1 is 1.12 bits per heavy atom. The molecule has 0 aliphatic heterocycles. The molecule has 0 heterocycles. The molecule has 0 saturated carbocycles. The lowest BCUT2D eigenvalue weighted by Gasteiger charge is -2.06. The molecular formula is C14H13NO. The average molecular weight is 211 g/mol. The number of benzene rings is 2. The van der Waals surface area contributed by atoms with Crippen LogP contribution in [0.2, 0.25) is 0 Å². The molecule has 1 N–H and O–H groups in total. The van der Waals surface area contributed by atoms with Gasteiger partial charge in [-0.2, -0.15) is 0 Å². The van der Waals surface area contributed by atoms with E-state index in [9.17, 15) is 4.79 Å². The van der Waals surface area contributed by atoms with Crippen molar-refractivity contribution in [3.05, 3.63) is 54.6 Å². The summed E-state index contributed by atoms with van der Waals surface area (Å²) < 4.78 is 0. The van der Waals surface area contributed by atoms with Crippen LogP contribution < -0.4 is 5.32 Å². The van der Waals surface area contributed by atoms with E-state index in [1.807, 2.05) is 49.4 Å². The molecule has 16 heavy (non-hydrogen) atoms. The number of fused-ring (bicyclic) bond motifs is 1. The normalized spacial score (nSPS) is 10.8. The van der Waals surface area contributed by atoms with Gasteiger partial charge in [0.25, 0.3) is 0 Å². The van der Waals surface area contributed by atoms with E-state index in [0.717, 1.165) is 16.5 Å². The second-order valence-corrected chi connectivity index (χ2v) is 3.52. The molecule has 2 aromatic rings. The van der Waals surface area contributed by atoms with Crippen LogP contribution in [0, 0.1) is 0 Å². The van der Waals surface area contributed by atoms with Gasteiger partial charge in [0.1, 0.15) is 0 Å². The first-order valence-electron chi connectivity index (χ1n) is 5.22. The minimum absolute atomic E-state index is 0.0983. The fourth-order valence-electron chi connectivity index (χ4n) is 1.66. The van der Waals surface area contributed by atoms with E-state index in [1.165, 1.54) is 6.08 Å². The molecule has 2 rings (SSSR count). The van der Waals surface area contributed by atoms with Crippen molar-refractivity contribution in [3.8, 4) is 0 Å². The fourth-order valence-corrected chi connectivity index (χ4v) is 1.66. The van der Waals surface area contributed by atoms with Crippen LogP contribution in [0.1, 0.15) is 6.92 Å². The Kier molecular flexibility index (Phi) is 3.01. The molecule has 0 aliphatic carbocycles. The Labute approximate surface area is 94.6 Å². The molecule has 0 radical (unpaired) electrons. The van der Waals surface area contributed by atoms with Gasteiger partial charge >= 0.3 is 0 Å². The van der Waals surface area contributed by atoms with E-state index in [-0.39, 0.29) is 5.91 Å². The predicted octanol–water partition coefficient (Wildman–Crippen LogP) is 3.35. The third kappa shape index (κ3) is 2.11. The average Bonchev–Trinajstić information content (AvgIpc) is 2.30. The third-order valence-electron chi connectivity index (χ3n) is 2.37. The van der Waals surface area contributed by atoms with Crippen molar-refractivity contribution in [2.45, 2.75) is 6.92 Å². The molecule has 0 spiro atoms. The minimum Gasteiger partial charge on any atom is -0.322 e. The Balaban J connectivity index is 2.41. The highest BCUT2D eigenvalue weighted by atomic mass is 16.1. The molecule has 2 nitrogen and oxygen atoms in total. The van der Waals surface area contributed by atoms with Crippen LogP contribution in [0.25, 0.3) is 10.8 Å². The van der Waals surface area contributed by atoms with Crippen molar-refractivity contribution >= 4 is 22.4 Å². The van der Waals surface area contributed by atoms with Crippen molar-refractivity contribution in [2.24, 2.45) is 0 Å². The highest BCUT2D eigenvalue weighted by Crippen LogP contribution is 2.22. The molecule has 0 fully saturated rings. The highest BCUT2D eigenvalue weighted by Gasteiger charge is 2.01. The number of allylic oxidation sites excluding steroid dienone is 1. The number of nitrogens with one attached hydrogen (secondary N) is 1. The van der Waals surface area contributed by atoms with E-state index in [2.05, 4.69) is 5.32 Å². The quantitative estimate of drug-likeness (QED) is 0.758. The number of rotatable bonds is 2. The summed E-state index contributed by atoms with van der Waals surface area (Å²) in [5.41, 5.74) is 0.848. The lowest BCUT2D eigenvalue weighted by molar-refractivity contribution is -0.111. The van der Waals surface area contributed by atoms with Crippen LogP contribution in [0.15, 0.2) is 54.6 Å². The van der Waals surface area contributed by atoms with Crippen molar-refractivity contribution in [1.82, 2.24) is 0 Å². The summed E-state index contributed by atoms with van der Waals surface area (Å²) in [6.45, 7) is 1.82. The topological polar surface area (TPSA) is 29.1 Å². The van der Waals surface area contributed by atoms with Crippen molar-refractivity contribution in [1.29, 1.82) is 0 Å². The van der Waals surface area contributed by atoms with E-state index >= 15 is 0 Å². The zero-order chi connectivity index (χ0) is 11.4. The lowest BCUT2D eigenvalue weighted by atomic mass is 10.1. The molecule has 0 atom stereocenters. The highest BCUT2D eigenvalue weighted by molar-refractivity contribution is 6.06. The zero-order valence-electron chi connectivity index (χ0n) is 9.10. The zero-order valence-corrected chi connectivity index (χ0v) is 9.10. The first-order valence-corrected chi connectivity index (χ1v) is 5.22. The van der Waals surface area contributed by atoms with Crippen LogP contribution in [0.3, 0.4) is 0 Å². The summed E-state index contributed by atoms with van der Waals surface area (Å²) in [7, 11) is 0. The van der Waals surface area contributed by atoms with E-state index in [4.69, 9.17) is 0 Å². The van der Waals surface area contributed by atoms with E-state index in [0.29, 0.717) is 0 Å². The molecular weight excluding hydrogens is 198 g/mol. The monoisotopic (exact) mass is 211 g/mol. The van der Waals surface area contributed by atoms with Crippen LogP contribution in [-0.4, -0.2) is 5.91 Å². The van der Waals surface area contributed by atoms with Gasteiger partial charge in [0.15, 0.2) is 0 Å². The van der Waals surface area contributed by atoms with Gasteiger partial charge in [0.2, 0.25) is 5.91 Å². The van der Waals surface area contributed by atoms with Crippen molar-refractivity contribution in [3.63, 3.8) is 0 Å². The summed E-state index contributed by atoms with van der Waals surface area (Å²) in [6, 6.07) is 13.9. The number of carbonyl (C=O) groups is 1. The maximum atomic E-state index is 11.5. The van der Waals surface area contributed by atoms with Crippen LogP contribution >= 0.6 is 0 Å². The van der Waals surface area contributed by atoms with Crippen LogP contribution in [-0.2, 0) is 4.79 Å². The van der Waals surface area contributed by atoms with E-state index < -0.39 is 0 Å². The molecule has 2 aromatic carbocycles.